The Morgan fingerprint density at radius 2 is 2.00 bits per heavy atom. The number of carbonyl (C=O) groups excluding carboxylic acids is 1. The third kappa shape index (κ3) is 4.57. The molecule has 0 aliphatic rings. The topological polar surface area (TPSA) is 114 Å². The minimum atomic E-state index is -3.27. The number of nitrogens with two attached hydrogens (primary N) is 1. The lowest BCUT2D eigenvalue weighted by molar-refractivity contribution is 0.0955. The van der Waals surface area contributed by atoms with E-state index < -0.39 is 20.5 Å². The number of nitrogens with one attached hydrogen (secondary N) is 2. The number of aromatic nitrogens is 1. The molecule has 9 heteroatoms. The lowest BCUT2D eigenvalue weighted by Gasteiger charge is -2.22. The zero-order chi connectivity index (χ0) is 16.4. The van der Waals surface area contributed by atoms with Crippen LogP contribution in [0.2, 0.25) is 0 Å². The van der Waals surface area contributed by atoms with E-state index in [9.17, 15) is 13.2 Å². The van der Waals surface area contributed by atoms with Gasteiger partial charge in [-0.3, -0.25) is 4.79 Å². The van der Waals surface area contributed by atoms with Crippen LogP contribution in [0.5, 0.6) is 0 Å². The summed E-state index contributed by atoms with van der Waals surface area (Å²) in [6.07, 6.45) is 1.14. The van der Waals surface area contributed by atoms with Crippen molar-refractivity contribution in [3.63, 3.8) is 0 Å². The average Bonchev–Trinajstić information content (AvgIpc) is 2.64. The van der Waals surface area contributed by atoms with Crippen LogP contribution in [0.1, 0.15) is 37.4 Å². The van der Waals surface area contributed by atoms with Gasteiger partial charge in [0.25, 0.3) is 5.91 Å². The highest BCUT2D eigenvalue weighted by atomic mass is 32.2. The highest BCUT2D eigenvalue weighted by Crippen LogP contribution is 2.25. The first kappa shape index (κ1) is 17.7. The van der Waals surface area contributed by atoms with Gasteiger partial charge in [-0.05, 0) is 27.7 Å². The Labute approximate surface area is 129 Å². The molecule has 1 aromatic heterocycles. The van der Waals surface area contributed by atoms with E-state index in [0.717, 1.165) is 17.6 Å². The van der Waals surface area contributed by atoms with E-state index in [-0.39, 0.29) is 23.3 Å². The summed E-state index contributed by atoms with van der Waals surface area (Å²) < 4.78 is 22.2. The molecule has 4 N–H and O–H groups in total. The van der Waals surface area contributed by atoms with E-state index >= 15 is 0 Å². The Bertz CT molecular complexity index is 620. The highest BCUT2D eigenvalue weighted by molar-refractivity contribution is 7.92. The number of hydrogen-bond donors (Lipinski definition) is 3. The summed E-state index contributed by atoms with van der Waals surface area (Å²) in [6.45, 7) is 7.03. The number of carbonyl (C=O) groups is 1. The number of nitrogens with zero attached hydrogens (tertiary/aromatic N) is 1. The Morgan fingerprint density at radius 1 is 1.43 bits per heavy atom. The standard InChI is InChI=1S/C12H22N4O3S2/c1-7(2)15-11-16-9(13)8(20-11)10(17)14-6-12(3,4)21(5,18)19/h7H,6,13H2,1-5H3,(H,14,17)(H,15,16). The maximum atomic E-state index is 12.1. The number of sulfone groups is 1. The molecule has 0 spiro atoms. The maximum absolute atomic E-state index is 12.1. The molecule has 0 aliphatic carbocycles. The van der Waals surface area contributed by atoms with Gasteiger partial charge in [0, 0.05) is 18.8 Å². The number of rotatable bonds is 6. The Kier molecular flexibility index (Phi) is 5.21. The lowest BCUT2D eigenvalue weighted by Crippen LogP contribution is -2.43. The van der Waals surface area contributed by atoms with Gasteiger partial charge in [-0.1, -0.05) is 11.3 Å². The Morgan fingerprint density at radius 3 is 2.48 bits per heavy atom. The van der Waals surface area contributed by atoms with Gasteiger partial charge in [-0.2, -0.15) is 0 Å². The molecular weight excluding hydrogens is 312 g/mol. The summed E-state index contributed by atoms with van der Waals surface area (Å²) in [4.78, 5) is 16.4. The van der Waals surface area contributed by atoms with Crippen molar-refractivity contribution in [2.24, 2.45) is 0 Å². The summed E-state index contributed by atoms with van der Waals surface area (Å²) in [7, 11) is -3.27. The van der Waals surface area contributed by atoms with Gasteiger partial charge in [0.2, 0.25) is 0 Å². The van der Waals surface area contributed by atoms with Crippen LogP contribution < -0.4 is 16.4 Å². The minimum Gasteiger partial charge on any atom is -0.382 e. The van der Waals surface area contributed by atoms with Gasteiger partial charge in [0.15, 0.2) is 15.0 Å². The van der Waals surface area contributed by atoms with Crippen LogP contribution in [0.3, 0.4) is 0 Å². The van der Waals surface area contributed by atoms with E-state index in [2.05, 4.69) is 15.6 Å². The minimum absolute atomic E-state index is 0.00888. The molecule has 120 valence electrons. The smallest absolute Gasteiger partial charge is 0.265 e. The van der Waals surface area contributed by atoms with Crippen LogP contribution in [0.25, 0.3) is 0 Å². The molecule has 0 atom stereocenters. The molecule has 1 rings (SSSR count). The largest absolute Gasteiger partial charge is 0.382 e. The fraction of sp³-hybridized carbons (Fsp3) is 0.667. The van der Waals surface area contributed by atoms with E-state index in [4.69, 9.17) is 5.73 Å². The van der Waals surface area contributed by atoms with Crippen molar-refractivity contribution in [3.05, 3.63) is 4.88 Å². The molecule has 0 saturated carbocycles. The second-order valence-corrected chi connectivity index (χ2v) is 9.40. The van der Waals surface area contributed by atoms with Crippen LogP contribution in [0.15, 0.2) is 0 Å². The average molecular weight is 334 g/mol. The molecule has 1 amide bonds. The fourth-order valence-corrected chi connectivity index (χ4v) is 2.59. The summed E-state index contributed by atoms with van der Waals surface area (Å²) in [5.41, 5.74) is 5.72. The van der Waals surface area contributed by atoms with Crippen LogP contribution in [0, 0.1) is 0 Å². The number of anilines is 2. The van der Waals surface area contributed by atoms with Gasteiger partial charge in [-0.15, -0.1) is 0 Å². The Balaban J connectivity index is 2.79. The zero-order valence-electron chi connectivity index (χ0n) is 12.9. The van der Waals surface area contributed by atoms with Crippen molar-refractivity contribution < 1.29 is 13.2 Å². The predicted octanol–water partition coefficient (Wildman–Crippen LogP) is 1.10. The van der Waals surface area contributed by atoms with Gasteiger partial charge in [-0.25, -0.2) is 13.4 Å². The molecule has 0 radical (unpaired) electrons. The molecule has 0 bridgehead atoms. The van der Waals surface area contributed by atoms with Crippen molar-refractivity contribution in [2.75, 3.05) is 23.9 Å². The van der Waals surface area contributed by atoms with E-state index in [1.165, 1.54) is 0 Å². The second-order valence-electron chi connectivity index (χ2n) is 5.75. The van der Waals surface area contributed by atoms with Crippen molar-refractivity contribution in [1.29, 1.82) is 0 Å². The first-order chi connectivity index (χ1) is 9.44. The van der Waals surface area contributed by atoms with Crippen LogP contribution in [0.4, 0.5) is 10.9 Å². The maximum Gasteiger partial charge on any atom is 0.265 e. The summed E-state index contributed by atoms with van der Waals surface area (Å²) in [6, 6.07) is 0.177. The quantitative estimate of drug-likeness (QED) is 0.718. The van der Waals surface area contributed by atoms with E-state index in [1.807, 2.05) is 13.8 Å². The van der Waals surface area contributed by atoms with Crippen LogP contribution >= 0.6 is 11.3 Å². The molecule has 0 aromatic carbocycles. The SMILES string of the molecule is CC(C)Nc1nc(N)c(C(=O)NCC(C)(C)S(C)(=O)=O)s1. The van der Waals surface area contributed by atoms with Crippen molar-refractivity contribution in [1.82, 2.24) is 10.3 Å². The number of nitrogen functional groups attached to an aromatic ring is 1. The van der Waals surface area contributed by atoms with Gasteiger partial charge >= 0.3 is 0 Å². The fourth-order valence-electron chi connectivity index (χ4n) is 1.31. The molecule has 0 unspecified atom stereocenters. The number of amides is 1. The molecule has 0 saturated heterocycles. The van der Waals surface area contributed by atoms with Crippen molar-refractivity contribution in [2.45, 2.75) is 38.5 Å². The van der Waals surface area contributed by atoms with Crippen molar-refractivity contribution >= 4 is 38.0 Å². The monoisotopic (exact) mass is 334 g/mol. The predicted molar refractivity (Wildman–Crippen MR) is 86.5 cm³/mol. The molecule has 21 heavy (non-hydrogen) atoms. The van der Waals surface area contributed by atoms with Crippen LogP contribution in [-0.4, -0.2) is 42.9 Å². The third-order valence-electron chi connectivity index (χ3n) is 2.95. The van der Waals surface area contributed by atoms with Gasteiger partial charge < -0.3 is 16.4 Å². The highest BCUT2D eigenvalue weighted by Gasteiger charge is 2.31. The molecule has 1 heterocycles. The molecule has 7 nitrogen and oxygen atoms in total. The lowest BCUT2D eigenvalue weighted by atomic mass is 10.2. The Hall–Kier alpha value is -1.35. The summed E-state index contributed by atoms with van der Waals surface area (Å²) in [5.74, 6) is -0.281. The molecule has 0 fully saturated rings. The van der Waals surface area contributed by atoms with Gasteiger partial charge in [0.05, 0.1) is 4.75 Å². The summed E-state index contributed by atoms with van der Waals surface area (Å²) in [5, 5.41) is 6.23. The number of hydrogen-bond acceptors (Lipinski definition) is 7. The molecular formula is C12H22N4O3S2. The normalized spacial score (nSPS) is 12.5. The first-order valence-corrected chi connectivity index (χ1v) is 9.15. The van der Waals surface area contributed by atoms with Gasteiger partial charge in [0.1, 0.15) is 10.7 Å². The summed E-state index contributed by atoms with van der Waals surface area (Å²) >= 11 is 1.15. The van der Waals surface area contributed by atoms with Crippen molar-refractivity contribution in [3.8, 4) is 0 Å². The van der Waals surface area contributed by atoms with Crippen LogP contribution in [-0.2, 0) is 9.84 Å². The van der Waals surface area contributed by atoms with E-state index in [0.29, 0.717) is 5.13 Å². The molecule has 0 aliphatic heterocycles. The van der Waals surface area contributed by atoms with E-state index in [1.54, 1.807) is 13.8 Å². The first-order valence-electron chi connectivity index (χ1n) is 6.44. The second kappa shape index (κ2) is 6.18. The molecule has 1 aromatic rings. The zero-order valence-corrected chi connectivity index (χ0v) is 14.5. The third-order valence-corrected chi connectivity index (χ3v) is 6.10. The number of thiazole rings is 1.